The number of carbonyl (C=O) groups is 2. The van der Waals surface area contributed by atoms with Crippen LogP contribution in [0.15, 0.2) is 18.2 Å². The first-order valence-corrected chi connectivity index (χ1v) is 9.23. The van der Waals surface area contributed by atoms with Gasteiger partial charge in [0.1, 0.15) is 0 Å². The number of rotatable bonds is 7. The van der Waals surface area contributed by atoms with Gasteiger partial charge in [0.2, 0.25) is 0 Å². The summed E-state index contributed by atoms with van der Waals surface area (Å²) in [7, 11) is 0. The maximum atomic E-state index is 12.1. The number of hydrogen-bond donors (Lipinski definition) is 2. The second-order valence-electron chi connectivity index (χ2n) is 8.24. The molecular formula is C20H28ClNO5. The Morgan fingerprint density at radius 3 is 2.07 bits per heavy atom. The number of hydrogen-bond acceptors (Lipinski definition) is 6. The van der Waals surface area contributed by atoms with Gasteiger partial charge in [-0.2, -0.15) is 0 Å². The molecule has 1 aromatic rings. The third-order valence-corrected chi connectivity index (χ3v) is 4.42. The van der Waals surface area contributed by atoms with Crippen molar-refractivity contribution < 1.29 is 24.2 Å². The van der Waals surface area contributed by atoms with Gasteiger partial charge < -0.3 is 19.9 Å². The fraction of sp³-hybridized carbons (Fsp3) is 0.600. The third-order valence-electron chi connectivity index (χ3n) is 4.42. The van der Waals surface area contributed by atoms with E-state index in [4.69, 9.17) is 9.47 Å². The van der Waals surface area contributed by atoms with Crippen molar-refractivity contribution in [1.29, 1.82) is 0 Å². The van der Waals surface area contributed by atoms with Crippen LogP contribution in [-0.2, 0) is 9.59 Å². The number of ether oxygens (including phenoxy) is 2. The maximum Gasteiger partial charge on any atom is 0.314 e. The zero-order valence-corrected chi connectivity index (χ0v) is 16.8. The van der Waals surface area contributed by atoms with Crippen molar-refractivity contribution in [1.82, 2.24) is 5.32 Å². The van der Waals surface area contributed by atoms with Gasteiger partial charge in [0, 0.05) is 12.1 Å². The number of β-amino-alcohol motifs (C(OH)–C–C–N with tert-alkyl or cyclic N) is 1. The van der Waals surface area contributed by atoms with Crippen LogP contribution in [0, 0.1) is 11.8 Å². The zero-order valence-electron chi connectivity index (χ0n) is 16.0. The van der Waals surface area contributed by atoms with Crippen molar-refractivity contribution in [3.05, 3.63) is 23.8 Å². The molecule has 1 aromatic carbocycles. The maximum absolute atomic E-state index is 12.1. The molecule has 2 fully saturated rings. The Hall–Kier alpha value is -1.63. The molecule has 0 aromatic heterocycles. The molecule has 2 N–H and O–H groups in total. The standard InChI is InChI=1S/C20H27NO5.ClH/c1-20(2,3)21-11-15(22)14-8-9-16(25-18(23)12-4-5-12)17(10-14)26-19(24)13-6-7-13;/h8-10,12-13,15,21-22H,4-7,11H2,1-3H3;1H. The number of halogens is 1. The number of aliphatic hydroxyl groups excluding tert-OH is 1. The minimum absolute atomic E-state index is 0. The Morgan fingerprint density at radius 1 is 1.07 bits per heavy atom. The van der Waals surface area contributed by atoms with E-state index < -0.39 is 6.10 Å². The van der Waals surface area contributed by atoms with Crippen LogP contribution >= 0.6 is 12.4 Å². The quantitative estimate of drug-likeness (QED) is 0.543. The molecule has 0 radical (unpaired) electrons. The highest BCUT2D eigenvalue weighted by Gasteiger charge is 2.34. The predicted molar refractivity (Wildman–Crippen MR) is 103 cm³/mol. The van der Waals surface area contributed by atoms with E-state index in [9.17, 15) is 14.7 Å². The van der Waals surface area contributed by atoms with Crippen molar-refractivity contribution in [3.8, 4) is 11.5 Å². The third kappa shape index (κ3) is 6.48. The van der Waals surface area contributed by atoms with E-state index in [1.54, 1.807) is 18.2 Å². The number of esters is 2. The molecule has 0 aliphatic heterocycles. The van der Waals surface area contributed by atoms with Crippen LogP contribution in [0.2, 0.25) is 0 Å². The molecule has 1 unspecified atom stereocenters. The normalized spacial score (nSPS) is 17.6. The van der Waals surface area contributed by atoms with E-state index >= 15 is 0 Å². The Kier molecular flexibility index (Phi) is 6.89. The lowest BCUT2D eigenvalue weighted by atomic mass is 10.1. The lowest BCUT2D eigenvalue weighted by molar-refractivity contribution is -0.138. The topological polar surface area (TPSA) is 84.9 Å². The number of carbonyl (C=O) groups excluding carboxylic acids is 2. The van der Waals surface area contributed by atoms with Crippen LogP contribution in [0.4, 0.5) is 0 Å². The molecule has 2 aliphatic rings. The molecule has 2 aliphatic carbocycles. The average molecular weight is 398 g/mol. The van der Waals surface area contributed by atoms with E-state index in [0.29, 0.717) is 12.1 Å². The molecule has 0 amide bonds. The number of nitrogens with one attached hydrogen (secondary N) is 1. The van der Waals surface area contributed by atoms with Gasteiger partial charge in [-0.3, -0.25) is 9.59 Å². The summed E-state index contributed by atoms with van der Waals surface area (Å²) in [6.45, 7) is 6.41. The monoisotopic (exact) mass is 397 g/mol. The van der Waals surface area contributed by atoms with Crippen molar-refractivity contribution in [2.75, 3.05) is 6.54 Å². The van der Waals surface area contributed by atoms with Crippen molar-refractivity contribution in [3.63, 3.8) is 0 Å². The van der Waals surface area contributed by atoms with Gasteiger partial charge in [-0.15, -0.1) is 12.4 Å². The van der Waals surface area contributed by atoms with Gasteiger partial charge in [0.05, 0.1) is 17.9 Å². The van der Waals surface area contributed by atoms with Gasteiger partial charge in [-0.25, -0.2) is 0 Å². The molecule has 0 heterocycles. The SMILES string of the molecule is CC(C)(C)NCC(O)c1ccc(OC(=O)C2CC2)c(OC(=O)C2CC2)c1.Cl. The molecule has 7 heteroatoms. The molecule has 1 atom stereocenters. The fourth-order valence-corrected chi connectivity index (χ4v) is 2.44. The Labute approximate surface area is 166 Å². The minimum Gasteiger partial charge on any atom is -0.422 e. The first-order valence-electron chi connectivity index (χ1n) is 9.23. The summed E-state index contributed by atoms with van der Waals surface area (Å²) in [6.07, 6.45) is 2.57. The van der Waals surface area contributed by atoms with E-state index in [0.717, 1.165) is 25.7 Å². The average Bonchev–Trinajstić information content (AvgIpc) is 3.45. The summed E-state index contributed by atoms with van der Waals surface area (Å²) in [4.78, 5) is 24.0. The molecule has 150 valence electrons. The zero-order chi connectivity index (χ0) is 18.9. The minimum atomic E-state index is -0.763. The molecule has 6 nitrogen and oxygen atoms in total. The van der Waals surface area contributed by atoms with Crippen LogP contribution in [0.5, 0.6) is 11.5 Å². The molecule has 0 bridgehead atoms. The molecule has 0 spiro atoms. The Balaban J connectivity index is 0.00000261. The highest BCUT2D eigenvalue weighted by molar-refractivity contribution is 5.85. The van der Waals surface area contributed by atoms with Gasteiger partial charge in [-0.1, -0.05) is 6.07 Å². The van der Waals surface area contributed by atoms with Gasteiger partial charge in [0.25, 0.3) is 0 Å². The van der Waals surface area contributed by atoms with Crippen molar-refractivity contribution in [2.45, 2.75) is 58.1 Å². The molecular weight excluding hydrogens is 370 g/mol. The van der Waals surface area contributed by atoms with Crippen molar-refractivity contribution >= 4 is 24.3 Å². The van der Waals surface area contributed by atoms with Gasteiger partial charge in [-0.05, 0) is 64.2 Å². The van der Waals surface area contributed by atoms with Crippen molar-refractivity contribution in [2.24, 2.45) is 11.8 Å². The van der Waals surface area contributed by atoms with Crippen LogP contribution in [0.25, 0.3) is 0 Å². The van der Waals surface area contributed by atoms with Crippen LogP contribution in [-0.4, -0.2) is 29.1 Å². The summed E-state index contributed by atoms with van der Waals surface area (Å²) in [5.41, 5.74) is 0.480. The second-order valence-corrected chi connectivity index (χ2v) is 8.24. The summed E-state index contributed by atoms with van der Waals surface area (Å²) in [5, 5.41) is 13.7. The number of aliphatic hydroxyl groups is 1. The fourth-order valence-electron chi connectivity index (χ4n) is 2.44. The van der Waals surface area contributed by atoms with Gasteiger partial charge >= 0.3 is 11.9 Å². The molecule has 2 saturated carbocycles. The predicted octanol–water partition coefficient (Wildman–Crippen LogP) is 3.16. The first kappa shape index (κ1) is 21.7. The molecule has 27 heavy (non-hydrogen) atoms. The first-order chi connectivity index (χ1) is 12.2. The van der Waals surface area contributed by atoms with E-state index in [-0.39, 0.29) is 53.2 Å². The summed E-state index contributed by atoms with van der Waals surface area (Å²) in [5.74, 6) is -0.301. The van der Waals surface area contributed by atoms with Gasteiger partial charge in [0.15, 0.2) is 11.5 Å². The molecule has 0 saturated heterocycles. The van der Waals surface area contributed by atoms with E-state index in [1.807, 2.05) is 20.8 Å². The van der Waals surface area contributed by atoms with Crippen LogP contribution in [0.3, 0.4) is 0 Å². The highest BCUT2D eigenvalue weighted by atomic mass is 35.5. The Bertz CT molecular complexity index is 692. The van der Waals surface area contributed by atoms with Crippen LogP contribution in [0.1, 0.15) is 58.1 Å². The van der Waals surface area contributed by atoms with E-state index in [1.165, 1.54) is 0 Å². The highest BCUT2D eigenvalue weighted by Crippen LogP contribution is 2.37. The van der Waals surface area contributed by atoms with Crippen LogP contribution < -0.4 is 14.8 Å². The largest absolute Gasteiger partial charge is 0.422 e. The molecule has 3 rings (SSSR count). The summed E-state index contributed by atoms with van der Waals surface area (Å²) < 4.78 is 10.9. The van der Waals surface area contributed by atoms with E-state index in [2.05, 4.69) is 5.32 Å². The Morgan fingerprint density at radius 2 is 1.59 bits per heavy atom. The lowest BCUT2D eigenvalue weighted by Gasteiger charge is -2.23. The summed E-state index contributed by atoms with van der Waals surface area (Å²) in [6, 6.07) is 4.87. The smallest absolute Gasteiger partial charge is 0.314 e. The number of benzene rings is 1. The second kappa shape index (κ2) is 8.59. The lowest BCUT2D eigenvalue weighted by Crippen LogP contribution is -2.38. The summed E-state index contributed by atoms with van der Waals surface area (Å²) >= 11 is 0.